The maximum Gasteiger partial charge on any atom is 0.490 e. The minimum Gasteiger partial charge on any atom is -0.475 e. The number of amides is 1. The molecule has 230 valence electrons. The molecular weight excluding hydrogens is 606 g/mol. The van der Waals surface area contributed by atoms with Gasteiger partial charge in [0, 0.05) is 23.5 Å². The van der Waals surface area contributed by atoms with Gasteiger partial charge in [0.15, 0.2) is 6.10 Å². The largest absolute Gasteiger partial charge is 0.490 e. The Morgan fingerprint density at radius 3 is 2.16 bits per heavy atom. The maximum absolute atomic E-state index is 13.9. The molecule has 12 nitrogen and oxygen atoms in total. The number of H-pyrrole nitrogens is 1. The van der Waals surface area contributed by atoms with E-state index in [1.54, 1.807) is 24.4 Å². The van der Waals surface area contributed by atoms with Crippen molar-refractivity contribution in [1.29, 1.82) is 0 Å². The molecule has 5 rings (SSSR count). The van der Waals surface area contributed by atoms with Crippen LogP contribution in [0.25, 0.3) is 34.3 Å². The third-order valence-electron chi connectivity index (χ3n) is 5.60. The van der Waals surface area contributed by atoms with Gasteiger partial charge in [-0.1, -0.05) is 64.9 Å². The number of hydrogen-bond donors (Lipinski definition) is 4. The highest BCUT2D eigenvalue weighted by molar-refractivity contribution is 5.82. The Hall–Kier alpha value is -5.52. The summed E-state index contributed by atoms with van der Waals surface area (Å²) >= 11 is 0. The molecule has 1 atom stereocenters. The van der Waals surface area contributed by atoms with Crippen molar-refractivity contribution in [3.8, 4) is 34.3 Å². The van der Waals surface area contributed by atoms with Gasteiger partial charge in [-0.2, -0.15) is 31.3 Å². The van der Waals surface area contributed by atoms with Crippen LogP contribution in [0.4, 0.5) is 26.3 Å². The fourth-order valence-electron chi connectivity index (χ4n) is 3.55. The molecule has 1 amide bonds. The zero-order valence-corrected chi connectivity index (χ0v) is 21.7. The zero-order chi connectivity index (χ0) is 32.1. The number of aliphatic hydroxyl groups is 1. The molecule has 2 aromatic carbocycles. The van der Waals surface area contributed by atoms with E-state index < -0.39 is 53.2 Å². The maximum atomic E-state index is 13.9. The lowest BCUT2D eigenvalue weighted by atomic mass is 10.1. The summed E-state index contributed by atoms with van der Waals surface area (Å²) in [5.74, 6) is -4.09. The van der Waals surface area contributed by atoms with Crippen LogP contribution in [0.1, 0.15) is 23.1 Å². The third kappa shape index (κ3) is 7.46. The van der Waals surface area contributed by atoms with E-state index in [0.717, 1.165) is 0 Å². The smallest absolute Gasteiger partial charge is 0.475 e. The van der Waals surface area contributed by atoms with Crippen molar-refractivity contribution in [2.24, 2.45) is 0 Å². The number of aliphatic hydroxyl groups excluding tert-OH is 1. The molecule has 0 saturated carbocycles. The molecule has 0 aliphatic rings. The van der Waals surface area contributed by atoms with Crippen LogP contribution < -0.4 is 5.32 Å². The van der Waals surface area contributed by atoms with Gasteiger partial charge in [0.25, 0.3) is 11.8 Å². The van der Waals surface area contributed by atoms with Gasteiger partial charge in [-0.25, -0.2) is 9.78 Å². The Morgan fingerprint density at radius 2 is 1.59 bits per heavy atom. The molecular formula is C26H18F6N6O6. The number of alkyl halides is 6. The summed E-state index contributed by atoms with van der Waals surface area (Å²) in [4.78, 5) is 32.0. The molecule has 0 aliphatic heterocycles. The number of carboxylic acid groups (broad SMARTS) is 1. The topological polar surface area (TPSA) is 180 Å². The summed E-state index contributed by atoms with van der Waals surface area (Å²) < 4.78 is 83.5. The molecule has 0 saturated heterocycles. The van der Waals surface area contributed by atoms with Crippen molar-refractivity contribution in [3.05, 3.63) is 83.9 Å². The van der Waals surface area contributed by atoms with Gasteiger partial charge in [-0.3, -0.25) is 4.79 Å². The minimum absolute atomic E-state index is 0.0240. The predicted molar refractivity (Wildman–Crippen MR) is 135 cm³/mol. The molecule has 0 spiro atoms. The van der Waals surface area contributed by atoms with E-state index in [1.165, 1.54) is 42.6 Å². The Morgan fingerprint density at radius 1 is 0.932 bits per heavy atom. The first kappa shape index (κ1) is 31.4. The monoisotopic (exact) mass is 624 g/mol. The van der Waals surface area contributed by atoms with Gasteiger partial charge in [0.2, 0.25) is 11.6 Å². The number of carboxylic acids is 1. The first-order valence-electron chi connectivity index (χ1n) is 12.1. The van der Waals surface area contributed by atoms with E-state index in [4.69, 9.17) is 18.9 Å². The van der Waals surface area contributed by atoms with E-state index in [2.05, 4.69) is 30.6 Å². The van der Waals surface area contributed by atoms with E-state index in [-0.39, 0.29) is 23.5 Å². The molecule has 0 aliphatic carbocycles. The van der Waals surface area contributed by atoms with Crippen molar-refractivity contribution in [2.75, 3.05) is 0 Å². The van der Waals surface area contributed by atoms with Crippen LogP contribution in [-0.2, 0) is 22.3 Å². The highest BCUT2D eigenvalue weighted by Crippen LogP contribution is 2.43. The van der Waals surface area contributed by atoms with Crippen LogP contribution in [0.2, 0.25) is 0 Å². The first-order chi connectivity index (χ1) is 20.8. The lowest BCUT2D eigenvalue weighted by Crippen LogP contribution is -2.29. The summed E-state index contributed by atoms with van der Waals surface area (Å²) in [6.07, 6.45) is -8.20. The zero-order valence-electron chi connectivity index (χ0n) is 21.7. The van der Waals surface area contributed by atoms with E-state index >= 15 is 0 Å². The van der Waals surface area contributed by atoms with Crippen molar-refractivity contribution < 1.29 is 55.2 Å². The average molecular weight is 624 g/mol. The van der Waals surface area contributed by atoms with Crippen LogP contribution in [-0.4, -0.2) is 53.5 Å². The standard InChI is InChI=1S/C24H17F3N6O4.C2HF3O2/c25-24(26,27)17-18(13-4-2-1-3-5-13)32-36-20(17)23-31-21(33-37-23)15-8-6-14(7-9-15)19(34)22(35)30-12-16-28-10-11-29-16;3-2(4,5)1(6)7/h1-11,19,34H,12H2,(H,28,29)(H,30,35);(H,6,7). The number of nitrogens with zero attached hydrogens (tertiary/aromatic N) is 4. The molecule has 18 heteroatoms. The van der Waals surface area contributed by atoms with Crippen LogP contribution in [0.5, 0.6) is 0 Å². The number of aliphatic carboxylic acids is 1. The average Bonchev–Trinajstić information content (AvgIpc) is 3.76. The Bertz CT molecular complexity index is 1700. The fourth-order valence-corrected chi connectivity index (χ4v) is 3.55. The first-order valence-corrected chi connectivity index (χ1v) is 12.1. The highest BCUT2D eigenvalue weighted by Gasteiger charge is 2.43. The molecule has 0 radical (unpaired) electrons. The second kappa shape index (κ2) is 12.8. The molecule has 5 aromatic rings. The minimum atomic E-state index is -5.08. The molecule has 44 heavy (non-hydrogen) atoms. The van der Waals surface area contributed by atoms with Crippen LogP contribution in [0.3, 0.4) is 0 Å². The Balaban J connectivity index is 0.000000566. The van der Waals surface area contributed by atoms with Gasteiger partial charge in [0.05, 0.1) is 6.54 Å². The van der Waals surface area contributed by atoms with Crippen molar-refractivity contribution in [1.82, 2.24) is 30.6 Å². The van der Waals surface area contributed by atoms with E-state index in [9.17, 15) is 36.2 Å². The number of halogens is 6. The second-order valence-electron chi connectivity index (χ2n) is 8.60. The van der Waals surface area contributed by atoms with Gasteiger partial charge >= 0.3 is 18.3 Å². The van der Waals surface area contributed by atoms with E-state index in [1.807, 2.05) is 0 Å². The molecule has 3 heterocycles. The number of aromatic nitrogens is 5. The van der Waals surface area contributed by atoms with Crippen LogP contribution in [0, 0.1) is 0 Å². The number of rotatable bonds is 7. The highest BCUT2D eigenvalue weighted by atomic mass is 19.4. The fraction of sp³-hybridized carbons (Fsp3) is 0.154. The lowest BCUT2D eigenvalue weighted by Gasteiger charge is -2.11. The molecule has 0 fully saturated rings. The van der Waals surface area contributed by atoms with Gasteiger partial charge < -0.3 is 29.6 Å². The molecule has 1 unspecified atom stereocenters. The molecule has 0 bridgehead atoms. The van der Waals surface area contributed by atoms with Gasteiger partial charge in [-0.15, -0.1) is 0 Å². The summed E-state index contributed by atoms with van der Waals surface area (Å²) in [5.41, 5.74) is -0.656. The number of imidazole rings is 1. The van der Waals surface area contributed by atoms with Crippen molar-refractivity contribution in [3.63, 3.8) is 0 Å². The van der Waals surface area contributed by atoms with Crippen LogP contribution in [0.15, 0.2) is 76.0 Å². The SMILES string of the molecule is O=C(NCc1ncc[nH]1)C(O)c1ccc(-c2noc(-c3onc(-c4ccccc4)c3C(F)(F)F)n2)cc1.O=C(O)C(F)(F)F. The Labute approximate surface area is 241 Å². The summed E-state index contributed by atoms with van der Waals surface area (Å²) in [7, 11) is 0. The molecule has 3 aromatic heterocycles. The summed E-state index contributed by atoms with van der Waals surface area (Å²) in [5, 5.41) is 27.3. The predicted octanol–water partition coefficient (Wildman–Crippen LogP) is 4.78. The van der Waals surface area contributed by atoms with Crippen molar-refractivity contribution in [2.45, 2.75) is 25.0 Å². The van der Waals surface area contributed by atoms with Gasteiger partial charge in [-0.05, 0) is 5.56 Å². The summed E-state index contributed by atoms with van der Waals surface area (Å²) in [6, 6.07) is 13.7. The Kier molecular flexibility index (Phi) is 9.12. The lowest BCUT2D eigenvalue weighted by molar-refractivity contribution is -0.192. The molecule has 4 N–H and O–H groups in total. The number of hydrogen-bond acceptors (Lipinski definition) is 9. The second-order valence-corrected chi connectivity index (χ2v) is 8.60. The summed E-state index contributed by atoms with van der Waals surface area (Å²) in [6.45, 7) is 0.111. The number of aromatic amines is 1. The van der Waals surface area contributed by atoms with Crippen LogP contribution >= 0.6 is 0 Å². The van der Waals surface area contributed by atoms with Crippen molar-refractivity contribution >= 4 is 11.9 Å². The van der Waals surface area contributed by atoms with E-state index in [0.29, 0.717) is 11.4 Å². The number of nitrogens with one attached hydrogen (secondary N) is 2. The number of carbonyl (C=O) groups is 2. The normalized spacial score (nSPS) is 12.2. The quantitative estimate of drug-likeness (QED) is 0.184. The number of benzene rings is 2. The third-order valence-corrected chi connectivity index (χ3v) is 5.60. The number of carbonyl (C=O) groups excluding carboxylic acids is 1. The van der Waals surface area contributed by atoms with Gasteiger partial charge in [0.1, 0.15) is 17.1 Å².